The number of pyridine rings is 1. The molecule has 0 saturated carbocycles. The summed E-state index contributed by atoms with van der Waals surface area (Å²) in [5.41, 5.74) is 2.25. The third kappa shape index (κ3) is 1.95. The number of hydrogen-bond acceptors (Lipinski definition) is 3. The van der Waals surface area contributed by atoms with Crippen LogP contribution in [0, 0.1) is 6.92 Å². The van der Waals surface area contributed by atoms with Crippen molar-refractivity contribution in [3.63, 3.8) is 0 Å². The van der Waals surface area contributed by atoms with Crippen LogP contribution < -0.4 is 5.32 Å². The second kappa shape index (κ2) is 4.53. The number of furan rings is 1. The van der Waals surface area contributed by atoms with Gasteiger partial charge in [0.05, 0.1) is 12.8 Å². The molecule has 18 heavy (non-hydrogen) atoms. The van der Waals surface area contributed by atoms with E-state index < -0.39 is 0 Å². The van der Waals surface area contributed by atoms with E-state index in [0.29, 0.717) is 6.54 Å². The third-order valence-electron chi connectivity index (χ3n) is 3.09. The molecule has 2 heterocycles. The van der Waals surface area contributed by atoms with E-state index in [1.165, 1.54) is 10.9 Å². The molecule has 3 aromatic rings. The van der Waals surface area contributed by atoms with Crippen LogP contribution in [0.5, 0.6) is 0 Å². The van der Waals surface area contributed by atoms with E-state index in [2.05, 4.69) is 22.4 Å². The Kier molecular flexibility index (Phi) is 2.73. The zero-order valence-electron chi connectivity index (χ0n) is 10.2. The van der Waals surface area contributed by atoms with Crippen LogP contribution in [-0.2, 0) is 6.54 Å². The van der Waals surface area contributed by atoms with E-state index in [9.17, 15) is 0 Å². The van der Waals surface area contributed by atoms with Gasteiger partial charge >= 0.3 is 0 Å². The van der Waals surface area contributed by atoms with Crippen molar-refractivity contribution in [2.75, 3.05) is 5.32 Å². The standard InChI is InChI=1S/C15H14N2O/c1-11-6-8-18-15(11)10-17-14-4-2-3-12-5-7-16-9-13(12)14/h2-9,17H,10H2,1H3. The molecule has 0 fully saturated rings. The fourth-order valence-electron chi connectivity index (χ4n) is 2.03. The van der Waals surface area contributed by atoms with E-state index in [-0.39, 0.29) is 0 Å². The number of nitrogens with one attached hydrogen (secondary N) is 1. The molecule has 0 spiro atoms. The summed E-state index contributed by atoms with van der Waals surface area (Å²) in [6.07, 6.45) is 5.41. The highest BCUT2D eigenvalue weighted by Crippen LogP contribution is 2.23. The zero-order chi connectivity index (χ0) is 12.4. The summed E-state index contributed by atoms with van der Waals surface area (Å²) in [5.74, 6) is 0.968. The first-order valence-corrected chi connectivity index (χ1v) is 5.94. The van der Waals surface area contributed by atoms with Crippen LogP contribution in [0.3, 0.4) is 0 Å². The fourth-order valence-corrected chi connectivity index (χ4v) is 2.03. The van der Waals surface area contributed by atoms with Gasteiger partial charge < -0.3 is 9.73 Å². The highest BCUT2D eigenvalue weighted by molar-refractivity contribution is 5.92. The van der Waals surface area contributed by atoms with Crippen LogP contribution in [0.15, 0.2) is 53.4 Å². The lowest BCUT2D eigenvalue weighted by atomic mass is 10.1. The van der Waals surface area contributed by atoms with E-state index in [1.807, 2.05) is 37.5 Å². The summed E-state index contributed by atoms with van der Waals surface area (Å²) in [6, 6.07) is 10.2. The maximum absolute atomic E-state index is 5.42. The van der Waals surface area contributed by atoms with Crippen LogP contribution in [0.25, 0.3) is 10.8 Å². The molecule has 3 heteroatoms. The number of aromatic nitrogens is 1. The average Bonchev–Trinajstić information content (AvgIpc) is 2.82. The molecule has 0 radical (unpaired) electrons. The normalized spacial score (nSPS) is 10.7. The number of rotatable bonds is 3. The number of hydrogen-bond donors (Lipinski definition) is 1. The number of aryl methyl sites for hydroxylation is 1. The Morgan fingerprint density at radius 3 is 3.00 bits per heavy atom. The molecule has 90 valence electrons. The molecule has 0 aliphatic carbocycles. The number of fused-ring (bicyclic) bond motifs is 1. The Labute approximate surface area is 105 Å². The largest absolute Gasteiger partial charge is 0.467 e. The van der Waals surface area contributed by atoms with Crippen molar-refractivity contribution in [3.8, 4) is 0 Å². The van der Waals surface area contributed by atoms with Crippen LogP contribution in [0.4, 0.5) is 5.69 Å². The molecule has 0 saturated heterocycles. The SMILES string of the molecule is Cc1ccoc1CNc1cccc2ccncc12. The van der Waals surface area contributed by atoms with Crippen molar-refractivity contribution >= 4 is 16.5 Å². The number of benzene rings is 1. The zero-order valence-corrected chi connectivity index (χ0v) is 10.2. The minimum Gasteiger partial charge on any atom is -0.467 e. The van der Waals surface area contributed by atoms with E-state index >= 15 is 0 Å². The predicted molar refractivity (Wildman–Crippen MR) is 72.5 cm³/mol. The van der Waals surface area contributed by atoms with Crippen LogP contribution in [0.1, 0.15) is 11.3 Å². The smallest absolute Gasteiger partial charge is 0.125 e. The Balaban J connectivity index is 1.89. The molecular weight excluding hydrogens is 224 g/mol. The Hall–Kier alpha value is -2.29. The Morgan fingerprint density at radius 2 is 2.17 bits per heavy atom. The van der Waals surface area contributed by atoms with Gasteiger partial charge in [-0.3, -0.25) is 4.98 Å². The highest BCUT2D eigenvalue weighted by Gasteiger charge is 2.03. The molecule has 0 aliphatic rings. The maximum Gasteiger partial charge on any atom is 0.125 e. The third-order valence-corrected chi connectivity index (χ3v) is 3.09. The van der Waals surface area contributed by atoms with Gasteiger partial charge in [0.25, 0.3) is 0 Å². The topological polar surface area (TPSA) is 38.1 Å². The summed E-state index contributed by atoms with van der Waals surface area (Å²) in [5, 5.41) is 5.71. The second-order valence-corrected chi connectivity index (χ2v) is 4.28. The summed E-state index contributed by atoms with van der Waals surface area (Å²) in [7, 11) is 0. The van der Waals surface area contributed by atoms with Crippen LogP contribution in [0.2, 0.25) is 0 Å². The molecule has 0 unspecified atom stereocenters. The lowest BCUT2D eigenvalue weighted by Gasteiger charge is -2.08. The molecule has 0 amide bonds. The van der Waals surface area contributed by atoms with Crippen molar-refractivity contribution < 1.29 is 4.42 Å². The minimum atomic E-state index is 0.687. The summed E-state index contributed by atoms with van der Waals surface area (Å²) in [6.45, 7) is 2.73. The van der Waals surface area contributed by atoms with Crippen molar-refractivity contribution in [2.24, 2.45) is 0 Å². The monoisotopic (exact) mass is 238 g/mol. The van der Waals surface area contributed by atoms with Crippen molar-refractivity contribution in [1.29, 1.82) is 0 Å². The number of anilines is 1. The second-order valence-electron chi connectivity index (χ2n) is 4.28. The van der Waals surface area contributed by atoms with Crippen molar-refractivity contribution in [1.82, 2.24) is 4.98 Å². The maximum atomic E-state index is 5.42. The Bertz CT molecular complexity index is 668. The van der Waals surface area contributed by atoms with Gasteiger partial charge in [0, 0.05) is 23.5 Å². The Morgan fingerprint density at radius 1 is 1.22 bits per heavy atom. The van der Waals surface area contributed by atoms with Gasteiger partial charge in [0.1, 0.15) is 5.76 Å². The van der Waals surface area contributed by atoms with Crippen molar-refractivity contribution in [3.05, 3.63) is 60.3 Å². The lowest BCUT2D eigenvalue weighted by molar-refractivity contribution is 0.515. The first-order chi connectivity index (χ1) is 8.84. The quantitative estimate of drug-likeness (QED) is 0.755. The molecule has 0 atom stereocenters. The molecule has 0 bridgehead atoms. The highest BCUT2D eigenvalue weighted by atomic mass is 16.3. The first-order valence-electron chi connectivity index (χ1n) is 5.94. The van der Waals surface area contributed by atoms with Gasteiger partial charge in [-0.15, -0.1) is 0 Å². The molecule has 3 nitrogen and oxygen atoms in total. The van der Waals surface area contributed by atoms with E-state index in [0.717, 1.165) is 16.8 Å². The predicted octanol–water partition coefficient (Wildman–Crippen LogP) is 3.75. The van der Waals surface area contributed by atoms with Gasteiger partial charge in [-0.1, -0.05) is 12.1 Å². The summed E-state index contributed by atoms with van der Waals surface area (Å²) in [4.78, 5) is 4.17. The summed E-state index contributed by atoms with van der Waals surface area (Å²) >= 11 is 0. The summed E-state index contributed by atoms with van der Waals surface area (Å²) < 4.78 is 5.42. The van der Waals surface area contributed by atoms with Gasteiger partial charge in [0.15, 0.2) is 0 Å². The van der Waals surface area contributed by atoms with E-state index in [4.69, 9.17) is 4.42 Å². The van der Waals surface area contributed by atoms with Gasteiger partial charge in [-0.25, -0.2) is 0 Å². The average molecular weight is 238 g/mol. The van der Waals surface area contributed by atoms with Crippen LogP contribution in [-0.4, -0.2) is 4.98 Å². The first kappa shape index (κ1) is 10.8. The van der Waals surface area contributed by atoms with Gasteiger partial charge in [-0.05, 0) is 36.1 Å². The molecule has 0 aliphatic heterocycles. The van der Waals surface area contributed by atoms with Gasteiger partial charge in [-0.2, -0.15) is 0 Å². The molecular formula is C15H14N2O. The van der Waals surface area contributed by atoms with Crippen LogP contribution >= 0.6 is 0 Å². The molecule has 3 rings (SSSR count). The molecule has 2 aromatic heterocycles. The molecule has 1 N–H and O–H groups in total. The minimum absolute atomic E-state index is 0.687. The molecule has 1 aromatic carbocycles. The fraction of sp³-hybridized carbons (Fsp3) is 0.133. The van der Waals surface area contributed by atoms with Gasteiger partial charge in [0.2, 0.25) is 0 Å². The van der Waals surface area contributed by atoms with Crippen molar-refractivity contribution in [2.45, 2.75) is 13.5 Å². The lowest BCUT2D eigenvalue weighted by Crippen LogP contribution is -2.00. The number of nitrogens with zero attached hydrogens (tertiary/aromatic N) is 1. The van der Waals surface area contributed by atoms with E-state index in [1.54, 1.807) is 6.26 Å².